The van der Waals surface area contributed by atoms with Crippen LogP contribution in [0.15, 0.2) is 40.6 Å². The third-order valence-corrected chi connectivity index (χ3v) is 7.31. The smallest absolute Gasteiger partial charge is 0.233 e. The van der Waals surface area contributed by atoms with Crippen LogP contribution in [-0.2, 0) is 11.3 Å². The van der Waals surface area contributed by atoms with E-state index in [0.717, 1.165) is 11.8 Å². The summed E-state index contributed by atoms with van der Waals surface area (Å²) in [6, 6.07) is 3.91. The number of carbonyl (C=O) groups excluding carboxylic acids is 1. The van der Waals surface area contributed by atoms with Crippen LogP contribution in [0.3, 0.4) is 0 Å². The molecule has 0 saturated heterocycles. The fourth-order valence-electron chi connectivity index (χ4n) is 4.82. The molecule has 2 aromatic rings. The lowest BCUT2D eigenvalue weighted by Crippen LogP contribution is -2.43. The van der Waals surface area contributed by atoms with Crippen LogP contribution in [0.1, 0.15) is 39.5 Å². The highest BCUT2D eigenvalue weighted by molar-refractivity contribution is 8.00. The normalized spacial score (nSPS) is 25.6. The number of fused-ring (bicyclic) bond motifs is 2. The number of thioether (sulfide) groups is 1. The Morgan fingerprint density at radius 2 is 2.29 bits per heavy atom. The van der Waals surface area contributed by atoms with Gasteiger partial charge in [-0.2, -0.15) is 0 Å². The summed E-state index contributed by atoms with van der Waals surface area (Å²) in [7, 11) is 0. The van der Waals surface area contributed by atoms with Crippen LogP contribution in [0.25, 0.3) is 11.6 Å². The molecule has 0 spiro atoms. The molecule has 5 unspecified atom stereocenters. The monoisotopic (exact) mass is 400 g/mol. The standard InChI is InChI=1S/C21H28N4O2S/c1-4-9-25-19(18-6-5-10-27-18)23-24-21(25)28-14(3)20(26)22-13(2)17-12-15-7-8-16(17)11-15/h4-6,10,13-17H,1,7-9,11-12H2,2-3H3,(H,22,26). The zero-order valence-corrected chi connectivity index (χ0v) is 17.3. The summed E-state index contributed by atoms with van der Waals surface area (Å²) in [6.07, 6.45) is 8.75. The van der Waals surface area contributed by atoms with Crippen LogP contribution in [0.4, 0.5) is 0 Å². The van der Waals surface area contributed by atoms with E-state index in [2.05, 4.69) is 29.0 Å². The van der Waals surface area contributed by atoms with Crippen molar-refractivity contribution in [3.05, 3.63) is 31.1 Å². The number of furan rings is 1. The molecule has 2 aliphatic rings. The molecule has 0 aromatic carbocycles. The fraction of sp³-hybridized carbons (Fsp3) is 0.571. The van der Waals surface area contributed by atoms with Gasteiger partial charge >= 0.3 is 0 Å². The lowest BCUT2D eigenvalue weighted by Gasteiger charge is -2.29. The molecule has 1 N–H and O–H groups in total. The van der Waals surface area contributed by atoms with Gasteiger partial charge in [-0.25, -0.2) is 0 Å². The van der Waals surface area contributed by atoms with Gasteiger partial charge in [0.25, 0.3) is 0 Å². The third kappa shape index (κ3) is 3.77. The van der Waals surface area contributed by atoms with E-state index < -0.39 is 0 Å². The van der Waals surface area contributed by atoms with Gasteiger partial charge in [-0.05, 0) is 63.0 Å². The van der Waals surface area contributed by atoms with Gasteiger partial charge in [0.2, 0.25) is 11.7 Å². The number of nitrogens with one attached hydrogen (secondary N) is 1. The predicted molar refractivity (Wildman–Crippen MR) is 110 cm³/mol. The Labute approximate surface area is 170 Å². The van der Waals surface area contributed by atoms with Crippen molar-refractivity contribution in [2.75, 3.05) is 0 Å². The maximum absolute atomic E-state index is 12.8. The molecule has 2 aromatic heterocycles. The van der Waals surface area contributed by atoms with Gasteiger partial charge < -0.3 is 9.73 Å². The van der Waals surface area contributed by atoms with Gasteiger partial charge in [-0.3, -0.25) is 9.36 Å². The average molecular weight is 401 g/mol. The fourth-order valence-corrected chi connectivity index (χ4v) is 5.69. The van der Waals surface area contributed by atoms with Crippen LogP contribution in [0.5, 0.6) is 0 Å². The first kappa shape index (κ1) is 19.3. The topological polar surface area (TPSA) is 73.0 Å². The Bertz CT molecular complexity index is 832. The summed E-state index contributed by atoms with van der Waals surface area (Å²) in [6.45, 7) is 8.46. The largest absolute Gasteiger partial charge is 0.461 e. The lowest BCUT2D eigenvalue weighted by molar-refractivity contribution is -0.121. The van der Waals surface area contributed by atoms with Crippen molar-refractivity contribution in [3.8, 4) is 11.6 Å². The molecule has 2 saturated carbocycles. The molecule has 2 heterocycles. The SMILES string of the molecule is C=CCn1c(SC(C)C(=O)NC(C)C2CC3CCC2C3)nnc1-c1ccco1. The zero-order valence-electron chi connectivity index (χ0n) is 16.5. The van der Waals surface area contributed by atoms with Crippen molar-refractivity contribution in [3.63, 3.8) is 0 Å². The first-order valence-corrected chi connectivity index (χ1v) is 11.0. The molecule has 1 amide bonds. The minimum absolute atomic E-state index is 0.0629. The van der Waals surface area contributed by atoms with Crippen molar-refractivity contribution < 1.29 is 9.21 Å². The molecule has 7 heteroatoms. The number of hydrogen-bond donors (Lipinski definition) is 1. The zero-order chi connectivity index (χ0) is 19.7. The number of rotatable bonds is 8. The highest BCUT2D eigenvalue weighted by atomic mass is 32.2. The molecule has 2 fully saturated rings. The van der Waals surface area contributed by atoms with Crippen LogP contribution in [0, 0.1) is 17.8 Å². The second-order valence-electron chi connectivity index (χ2n) is 8.08. The number of amides is 1. The lowest BCUT2D eigenvalue weighted by atomic mass is 9.84. The molecule has 2 bridgehead atoms. The number of aromatic nitrogens is 3. The van der Waals surface area contributed by atoms with E-state index in [-0.39, 0.29) is 17.2 Å². The summed E-state index contributed by atoms with van der Waals surface area (Å²) < 4.78 is 7.39. The molecule has 150 valence electrons. The summed E-state index contributed by atoms with van der Waals surface area (Å²) in [5, 5.41) is 12.2. The van der Waals surface area contributed by atoms with Crippen LogP contribution < -0.4 is 5.32 Å². The van der Waals surface area contributed by atoms with Crippen molar-refractivity contribution in [1.82, 2.24) is 20.1 Å². The van der Waals surface area contributed by atoms with Crippen molar-refractivity contribution in [2.24, 2.45) is 17.8 Å². The molecule has 2 aliphatic carbocycles. The third-order valence-electron chi connectivity index (χ3n) is 6.23. The minimum Gasteiger partial charge on any atom is -0.461 e. The summed E-state index contributed by atoms with van der Waals surface area (Å²) in [5.74, 6) is 3.69. The molecule has 0 radical (unpaired) electrons. The molecule has 4 rings (SSSR count). The Kier molecular flexibility index (Phi) is 5.62. The van der Waals surface area contributed by atoms with Crippen molar-refractivity contribution in [2.45, 2.75) is 62.5 Å². The summed E-state index contributed by atoms with van der Waals surface area (Å²) in [5.41, 5.74) is 0. The molecule has 6 nitrogen and oxygen atoms in total. The minimum atomic E-state index is -0.252. The van der Waals surface area contributed by atoms with Gasteiger partial charge in [0.1, 0.15) is 0 Å². The van der Waals surface area contributed by atoms with Crippen molar-refractivity contribution >= 4 is 17.7 Å². The van der Waals surface area contributed by atoms with E-state index in [1.165, 1.54) is 37.4 Å². The van der Waals surface area contributed by atoms with Crippen LogP contribution >= 0.6 is 11.8 Å². The Hall–Kier alpha value is -2.02. The average Bonchev–Trinajstić information content (AvgIpc) is 3.46. The number of carbonyl (C=O) groups is 1. The van der Waals surface area contributed by atoms with E-state index >= 15 is 0 Å². The number of nitrogens with zero attached hydrogens (tertiary/aromatic N) is 3. The van der Waals surface area contributed by atoms with E-state index in [0.29, 0.717) is 29.2 Å². The van der Waals surface area contributed by atoms with Gasteiger partial charge in [-0.15, -0.1) is 16.8 Å². The maximum atomic E-state index is 12.8. The molecule has 0 aliphatic heterocycles. The highest BCUT2D eigenvalue weighted by Crippen LogP contribution is 2.49. The van der Waals surface area contributed by atoms with Gasteiger partial charge in [-0.1, -0.05) is 24.3 Å². The molecular weight excluding hydrogens is 372 g/mol. The van der Waals surface area contributed by atoms with Gasteiger partial charge in [0, 0.05) is 12.6 Å². The highest BCUT2D eigenvalue weighted by Gasteiger charge is 2.42. The van der Waals surface area contributed by atoms with Gasteiger partial charge in [0.15, 0.2) is 10.9 Å². The molecule has 28 heavy (non-hydrogen) atoms. The van der Waals surface area contributed by atoms with Gasteiger partial charge in [0.05, 0.1) is 11.5 Å². The number of allylic oxidation sites excluding steroid dienone is 1. The first-order chi connectivity index (χ1) is 13.6. The first-order valence-electron chi connectivity index (χ1n) is 10.1. The van der Waals surface area contributed by atoms with Crippen molar-refractivity contribution in [1.29, 1.82) is 0 Å². The summed E-state index contributed by atoms with van der Waals surface area (Å²) in [4.78, 5) is 12.8. The quantitative estimate of drug-likeness (QED) is 0.532. The Balaban J connectivity index is 1.41. The van der Waals surface area contributed by atoms with E-state index in [1.807, 2.05) is 23.6 Å². The second-order valence-corrected chi connectivity index (χ2v) is 9.39. The number of hydrogen-bond acceptors (Lipinski definition) is 5. The Morgan fingerprint density at radius 1 is 1.43 bits per heavy atom. The van der Waals surface area contributed by atoms with E-state index in [9.17, 15) is 4.79 Å². The summed E-state index contributed by atoms with van der Waals surface area (Å²) >= 11 is 1.42. The molecule has 5 atom stereocenters. The van der Waals surface area contributed by atoms with E-state index in [1.54, 1.807) is 12.3 Å². The van der Waals surface area contributed by atoms with Crippen LogP contribution in [-0.4, -0.2) is 32.0 Å². The maximum Gasteiger partial charge on any atom is 0.233 e. The second kappa shape index (κ2) is 8.15. The van der Waals surface area contributed by atoms with Crippen LogP contribution in [0.2, 0.25) is 0 Å². The predicted octanol–water partition coefficient (Wildman–Crippen LogP) is 4.15. The van der Waals surface area contributed by atoms with E-state index in [4.69, 9.17) is 4.42 Å². The molecular formula is C21H28N4O2S. The Morgan fingerprint density at radius 3 is 2.93 bits per heavy atom.